The quantitative estimate of drug-likeness (QED) is 0.441. The van der Waals surface area contributed by atoms with Crippen LogP contribution in [-0.2, 0) is 4.79 Å². The van der Waals surface area contributed by atoms with Gasteiger partial charge in [0.25, 0.3) is 5.91 Å². The average molecular weight is 480 g/mol. The summed E-state index contributed by atoms with van der Waals surface area (Å²) >= 11 is 7.76. The Bertz CT molecular complexity index is 1100. The van der Waals surface area contributed by atoms with Gasteiger partial charge < -0.3 is 14.4 Å². The molecular weight excluding hydrogens is 457 g/mol. The maximum absolute atomic E-state index is 13.1. The van der Waals surface area contributed by atoms with Gasteiger partial charge in [0, 0.05) is 12.6 Å². The number of carbonyl (C=O) groups excluding carboxylic acids is 1. The molecule has 1 aliphatic rings. The van der Waals surface area contributed by atoms with Gasteiger partial charge in [-0.3, -0.25) is 9.69 Å². The number of rotatable bonds is 7. The zero-order valence-electron chi connectivity index (χ0n) is 17.2. The second-order valence-electron chi connectivity index (χ2n) is 7.18. The van der Waals surface area contributed by atoms with Gasteiger partial charge in [0.05, 0.1) is 9.72 Å². The minimum Gasteiger partial charge on any atom is -0.454 e. The fraction of sp³-hybridized carbons (Fsp3) is 0.273. The molecule has 0 atom stereocenters. The van der Waals surface area contributed by atoms with Crippen molar-refractivity contribution in [1.82, 2.24) is 9.88 Å². The zero-order chi connectivity index (χ0) is 21.1. The predicted octanol–water partition coefficient (Wildman–Crippen LogP) is 5.10. The summed E-state index contributed by atoms with van der Waals surface area (Å²) in [6, 6.07) is 11.3. The van der Waals surface area contributed by atoms with Crippen molar-refractivity contribution in [3.05, 3.63) is 53.1 Å². The zero-order valence-corrected chi connectivity index (χ0v) is 19.6. The summed E-state index contributed by atoms with van der Waals surface area (Å²) in [5, 5.41) is 1.24. The molecule has 0 unspecified atom stereocenters. The van der Waals surface area contributed by atoms with Crippen molar-refractivity contribution in [2.24, 2.45) is 0 Å². The average Bonchev–Trinajstić information content (AvgIpc) is 3.36. The number of para-hydroxylation sites is 1. The Balaban J connectivity index is 0.00000272. The third-order valence-electron chi connectivity index (χ3n) is 4.66. The summed E-state index contributed by atoms with van der Waals surface area (Å²) in [6.45, 7) is 1.67. The lowest BCUT2D eigenvalue weighted by Gasteiger charge is -2.19. The van der Waals surface area contributed by atoms with E-state index >= 15 is 0 Å². The number of ether oxygens (including phenoxy) is 2. The molecule has 2 heterocycles. The number of aromatic nitrogens is 1. The largest absolute Gasteiger partial charge is 0.454 e. The molecule has 0 saturated carbocycles. The van der Waals surface area contributed by atoms with E-state index < -0.39 is 0 Å². The van der Waals surface area contributed by atoms with Crippen molar-refractivity contribution in [1.29, 1.82) is 0 Å². The molecule has 9 heteroatoms. The summed E-state index contributed by atoms with van der Waals surface area (Å²) in [5.74, 6) is 1.28. The normalized spacial score (nSPS) is 12.5. The van der Waals surface area contributed by atoms with Gasteiger partial charge in [-0.15, -0.1) is 12.4 Å². The summed E-state index contributed by atoms with van der Waals surface area (Å²) in [7, 11) is 4.03. The molecule has 0 aliphatic carbocycles. The Kier molecular flexibility index (Phi) is 7.78. The van der Waals surface area contributed by atoms with Crippen LogP contribution in [0, 0.1) is 0 Å². The minimum atomic E-state index is -0.124. The van der Waals surface area contributed by atoms with Gasteiger partial charge in [0.1, 0.15) is 5.52 Å². The molecule has 1 amide bonds. The van der Waals surface area contributed by atoms with E-state index in [4.69, 9.17) is 21.1 Å². The van der Waals surface area contributed by atoms with Gasteiger partial charge >= 0.3 is 0 Å². The van der Waals surface area contributed by atoms with Gasteiger partial charge in [0.15, 0.2) is 16.6 Å². The summed E-state index contributed by atoms with van der Waals surface area (Å²) in [6.07, 6.45) is 4.19. The van der Waals surface area contributed by atoms with Gasteiger partial charge in [-0.25, -0.2) is 4.98 Å². The fourth-order valence-electron chi connectivity index (χ4n) is 3.14. The number of benzene rings is 2. The monoisotopic (exact) mass is 479 g/mol. The number of amides is 1. The fourth-order valence-corrected chi connectivity index (χ4v) is 4.43. The van der Waals surface area contributed by atoms with E-state index in [2.05, 4.69) is 9.88 Å². The van der Waals surface area contributed by atoms with Crippen molar-refractivity contribution in [2.45, 2.75) is 6.42 Å². The van der Waals surface area contributed by atoms with Crippen LogP contribution in [0.4, 0.5) is 5.13 Å². The molecule has 31 heavy (non-hydrogen) atoms. The maximum atomic E-state index is 13.1. The second-order valence-corrected chi connectivity index (χ2v) is 8.59. The second kappa shape index (κ2) is 10.3. The molecule has 0 bridgehead atoms. The number of fused-ring (bicyclic) bond motifs is 2. The molecule has 3 aromatic rings. The van der Waals surface area contributed by atoms with Crippen molar-refractivity contribution >= 4 is 62.7 Å². The van der Waals surface area contributed by atoms with Crippen molar-refractivity contribution in [2.75, 3.05) is 38.9 Å². The number of halogens is 2. The molecule has 0 fully saturated rings. The van der Waals surface area contributed by atoms with E-state index in [9.17, 15) is 4.79 Å². The Morgan fingerprint density at radius 1 is 1.19 bits per heavy atom. The first-order chi connectivity index (χ1) is 14.5. The van der Waals surface area contributed by atoms with E-state index in [1.165, 1.54) is 11.3 Å². The molecule has 0 radical (unpaired) electrons. The molecule has 2 aromatic carbocycles. The van der Waals surface area contributed by atoms with E-state index in [1.54, 1.807) is 17.1 Å². The third-order valence-corrected chi connectivity index (χ3v) is 6.01. The lowest BCUT2D eigenvalue weighted by molar-refractivity contribution is -0.114. The first kappa shape index (κ1) is 23.3. The van der Waals surface area contributed by atoms with Crippen molar-refractivity contribution in [3.8, 4) is 11.5 Å². The lowest BCUT2D eigenvalue weighted by atomic mass is 10.2. The SMILES string of the molecule is CN(C)CCCN(C(=O)C=Cc1ccc2c(c1)OCO2)c1nc2c(Cl)cccc2s1.Cl. The van der Waals surface area contributed by atoms with Crippen molar-refractivity contribution < 1.29 is 14.3 Å². The highest BCUT2D eigenvalue weighted by atomic mass is 35.5. The highest BCUT2D eigenvalue weighted by molar-refractivity contribution is 7.22. The standard InChI is InChI=1S/C22H22ClN3O3S.ClH/c1-25(2)11-4-12-26(22-24-21-16(23)5-3-6-19(21)30-22)20(27)10-8-15-7-9-17-18(13-15)29-14-28-17;/h3,5-10,13H,4,11-12,14H2,1-2H3;1H. The van der Waals surface area contributed by atoms with Crippen LogP contribution in [0.2, 0.25) is 5.02 Å². The summed E-state index contributed by atoms with van der Waals surface area (Å²) in [4.78, 5) is 21.5. The first-order valence-corrected chi connectivity index (χ1v) is 10.8. The molecule has 6 nitrogen and oxygen atoms in total. The summed E-state index contributed by atoms with van der Waals surface area (Å²) in [5.41, 5.74) is 1.59. The topological polar surface area (TPSA) is 54.9 Å². The smallest absolute Gasteiger partial charge is 0.252 e. The van der Waals surface area contributed by atoms with Gasteiger partial charge in [0.2, 0.25) is 6.79 Å². The van der Waals surface area contributed by atoms with Crippen LogP contribution in [0.3, 0.4) is 0 Å². The molecule has 0 N–H and O–H groups in total. The van der Waals surface area contributed by atoms with Gasteiger partial charge in [-0.1, -0.05) is 35.1 Å². The summed E-state index contributed by atoms with van der Waals surface area (Å²) < 4.78 is 11.7. The van der Waals surface area contributed by atoms with Crippen LogP contribution >= 0.6 is 35.3 Å². The molecule has 0 spiro atoms. The lowest BCUT2D eigenvalue weighted by Crippen LogP contribution is -2.32. The Morgan fingerprint density at radius 3 is 2.77 bits per heavy atom. The van der Waals surface area contributed by atoms with Crippen LogP contribution in [0.25, 0.3) is 16.3 Å². The number of nitrogens with zero attached hydrogens (tertiary/aromatic N) is 3. The van der Waals surface area contributed by atoms with Crippen LogP contribution in [0.15, 0.2) is 42.5 Å². The highest BCUT2D eigenvalue weighted by Crippen LogP contribution is 2.34. The van der Waals surface area contributed by atoms with Crippen LogP contribution in [0.1, 0.15) is 12.0 Å². The number of anilines is 1. The van der Waals surface area contributed by atoms with Crippen LogP contribution < -0.4 is 14.4 Å². The van der Waals surface area contributed by atoms with Crippen molar-refractivity contribution in [3.63, 3.8) is 0 Å². The predicted molar refractivity (Wildman–Crippen MR) is 129 cm³/mol. The first-order valence-electron chi connectivity index (χ1n) is 9.60. The number of hydrogen-bond donors (Lipinski definition) is 0. The molecule has 164 valence electrons. The van der Waals surface area contributed by atoms with Crippen LogP contribution in [-0.4, -0.2) is 49.8 Å². The van der Waals surface area contributed by atoms with E-state index in [1.807, 2.05) is 50.5 Å². The van der Waals surface area contributed by atoms with E-state index in [-0.39, 0.29) is 25.1 Å². The molecular formula is C22H23Cl2N3O3S. The van der Waals surface area contributed by atoms with Gasteiger partial charge in [-0.05, 0) is 63.0 Å². The maximum Gasteiger partial charge on any atom is 0.252 e. The minimum absolute atomic E-state index is 0. The highest BCUT2D eigenvalue weighted by Gasteiger charge is 2.19. The molecule has 1 aromatic heterocycles. The Labute approximate surface area is 196 Å². The number of carbonyl (C=O) groups is 1. The Hall–Kier alpha value is -2.32. The molecule has 0 saturated heterocycles. The van der Waals surface area contributed by atoms with Gasteiger partial charge in [-0.2, -0.15) is 0 Å². The third kappa shape index (κ3) is 5.49. The van der Waals surface area contributed by atoms with E-state index in [0.717, 1.165) is 34.5 Å². The Morgan fingerprint density at radius 2 is 2.00 bits per heavy atom. The number of hydrogen-bond acceptors (Lipinski definition) is 6. The number of thiazole rings is 1. The molecule has 1 aliphatic heterocycles. The van der Waals surface area contributed by atoms with Crippen LogP contribution in [0.5, 0.6) is 11.5 Å². The molecule has 4 rings (SSSR count). The van der Waals surface area contributed by atoms with E-state index in [0.29, 0.717) is 22.4 Å².